The minimum Gasteiger partial charge on any atom is -0.459 e. The Hall–Kier alpha value is -1.58. The number of hydrogen-bond acceptors (Lipinski definition) is 5. The Kier molecular flexibility index (Phi) is 5.65. The lowest BCUT2D eigenvalue weighted by molar-refractivity contribution is 0.119. The molecule has 134 valence electrons. The van der Waals surface area contributed by atoms with E-state index in [1.165, 1.54) is 28.6 Å². The molecule has 0 aliphatic carbocycles. The molecule has 0 radical (unpaired) electrons. The molecule has 2 aromatic rings. The molecule has 1 unspecified atom stereocenters. The van der Waals surface area contributed by atoms with Gasteiger partial charge in [-0.3, -0.25) is 0 Å². The zero-order valence-corrected chi connectivity index (χ0v) is 15.7. The summed E-state index contributed by atoms with van der Waals surface area (Å²) in [7, 11) is -3.50. The number of hydrogen-bond donors (Lipinski definition) is 0. The van der Waals surface area contributed by atoms with E-state index in [0.717, 1.165) is 10.9 Å². The summed E-state index contributed by atoms with van der Waals surface area (Å²) in [6, 6.07) is 5.72. The highest BCUT2D eigenvalue weighted by molar-refractivity contribution is 9.10. The van der Waals surface area contributed by atoms with Crippen LogP contribution in [-0.4, -0.2) is 41.9 Å². The van der Waals surface area contributed by atoms with Gasteiger partial charge in [0.15, 0.2) is 0 Å². The quantitative estimate of drug-likeness (QED) is 0.730. The van der Waals surface area contributed by atoms with Crippen LogP contribution in [0.25, 0.3) is 0 Å². The van der Waals surface area contributed by atoms with Crippen LogP contribution in [0.2, 0.25) is 0 Å². The summed E-state index contributed by atoms with van der Waals surface area (Å²) < 4.78 is 46.1. The smallest absolute Gasteiger partial charge is 0.316 e. The average Bonchev–Trinajstić information content (AvgIpc) is 2.59. The molecule has 3 rings (SSSR count). The summed E-state index contributed by atoms with van der Waals surface area (Å²) in [5.74, 6) is -0.545. The van der Waals surface area contributed by atoms with Crippen LogP contribution in [0.15, 0.2) is 41.1 Å². The Balaban J connectivity index is 1.65. The number of sulfonamides is 1. The maximum atomic E-state index is 13.0. The molecule has 1 aliphatic rings. The number of piperidine rings is 1. The monoisotopic (exact) mass is 429 g/mol. The Morgan fingerprint density at radius 1 is 1.24 bits per heavy atom. The van der Waals surface area contributed by atoms with E-state index in [0.29, 0.717) is 18.5 Å². The van der Waals surface area contributed by atoms with E-state index in [1.54, 1.807) is 12.4 Å². The van der Waals surface area contributed by atoms with E-state index in [4.69, 9.17) is 4.74 Å². The summed E-state index contributed by atoms with van der Waals surface area (Å²) >= 11 is 3.25. The highest BCUT2D eigenvalue weighted by Crippen LogP contribution is 2.21. The second kappa shape index (κ2) is 7.76. The zero-order valence-electron chi connectivity index (χ0n) is 13.3. The van der Waals surface area contributed by atoms with E-state index in [-0.39, 0.29) is 30.2 Å². The minimum atomic E-state index is -3.50. The number of ether oxygens (including phenoxy) is 1. The molecular formula is C16H17BrFN3O3S. The predicted molar refractivity (Wildman–Crippen MR) is 94.0 cm³/mol. The van der Waals surface area contributed by atoms with E-state index in [1.807, 2.05) is 0 Å². The van der Waals surface area contributed by atoms with Gasteiger partial charge in [-0.2, -0.15) is 4.31 Å². The number of nitrogens with zero attached hydrogens (tertiary/aromatic N) is 3. The summed E-state index contributed by atoms with van der Waals surface area (Å²) in [5.41, 5.74) is 0.556. The average molecular weight is 430 g/mol. The normalized spacial score (nSPS) is 18.9. The van der Waals surface area contributed by atoms with Crippen LogP contribution in [0.3, 0.4) is 0 Å². The van der Waals surface area contributed by atoms with Gasteiger partial charge in [-0.1, -0.05) is 12.1 Å². The summed E-state index contributed by atoms with van der Waals surface area (Å²) in [6.45, 7) is 0.702. The summed E-state index contributed by atoms with van der Waals surface area (Å²) in [5, 5.41) is 0. The standard InChI is InChI=1S/C16H17BrFN3O3S/c17-13-8-19-16(20-9-13)24-15-2-1-7-21(10-15)25(22,23)11-12-3-5-14(18)6-4-12/h3-6,8-9,15H,1-2,7,10-11H2. The fourth-order valence-corrected chi connectivity index (χ4v) is 4.45. The van der Waals surface area contributed by atoms with Gasteiger partial charge in [0.05, 0.1) is 16.8 Å². The highest BCUT2D eigenvalue weighted by Gasteiger charge is 2.30. The van der Waals surface area contributed by atoms with Crippen LogP contribution in [0.4, 0.5) is 4.39 Å². The molecule has 0 bridgehead atoms. The van der Waals surface area contributed by atoms with E-state index < -0.39 is 10.0 Å². The van der Waals surface area contributed by atoms with Crippen LogP contribution < -0.4 is 4.74 Å². The molecule has 2 heterocycles. The van der Waals surface area contributed by atoms with Crippen molar-refractivity contribution in [1.82, 2.24) is 14.3 Å². The van der Waals surface area contributed by atoms with Gasteiger partial charge in [-0.15, -0.1) is 0 Å². The first-order valence-electron chi connectivity index (χ1n) is 7.79. The Morgan fingerprint density at radius 2 is 1.92 bits per heavy atom. The van der Waals surface area contributed by atoms with Gasteiger partial charge in [0.2, 0.25) is 10.0 Å². The lowest BCUT2D eigenvalue weighted by Crippen LogP contribution is -2.44. The largest absolute Gasteiger partial charge is 0.459 e. The van der Waals surface area contributed by atoms with Crippen LogP contribution in [0.1, 0.15) is 18.4 Å². The van der Waals surface area contributed by atoms with E-state index >= 15 is 0 Å². The fourth-order valence-electron chi connectivity index (χ4n) is 2.65. The van der Waals surface area contributed by atoms with Gasteiger partial charge >= 0.3 is 6.01 Å². The Morgan fingerprint density at radius 3 is 2.60 bits per heavy atom. The van der Waals surface area contributed by atoms with Crippen LogP contribution in [0.5, 0.6) is 6.01 Å². The minimum absolute atomic E-state index is 0.158. The highest BCUT2D eigenvalue weighted by atomic mass is 79.9. The maximum absolute atomic E-state index is 13.0. The van der Waals surface area contributed by atoms with Gasteiger partial charge < -0.3 is 4.74 Å². The van der Waals surface area contributed by atoms with Crippen molar-refractivity contribution in [3.05, 3.63) is 52.5 Å². The van der Waals surface area contributed by atoms with Crippen molar-refractivity contribution in [1.29, 1.82) is 0 Å². The van der Waals surface area contributed by atoms with Crippen LogP contribution in [0, 0.1) is 5.82 Å². The SMILES string of the molecule is O=S(=O)(Cc1ccc(F)cc1)N1CCCC(Oc2ncc(Br)cn2)C1. The molecule has 1 aromatic heterocycles. The number of halogens is 2. The molecule has 9 heteroatoms. The van der Waals surface area contributed by atoms with Gasteiger partial charge in [-0.05, 0) is 46.5 Å². The molecule has 1 saturated heterocycles. The predicted octanol–water partition coefficient (Wildman–Crippen LogP) is 2.75. The van der Waals surface area contributed by atoms with Gasteiger partial charge in [0.25, 0.3) is 0 Å². The third-order valence-corrected chi connectivity index (χ3v) is 6.09. The van der Waals surface area contributed by atoms with Crippen molar-refractivity contribution in [2.75, 3.05) is 13.1 Å². The van der Waals surface area contributed by atoms with Crippen molar-refractivity contribution in [2.45, 2.75) is 24.7 Å². The van der Waals surface area contributed by atoms with Crippen LogP contribution in [-0.2, 0) is 15.8 Å². The van der Waals surface area contributed by atoms with E-state index in [2.05, 4.69) is 25.9 Å². The molecule has 1 atom stereocenters. The first-order valence-corrected chi connectivity index (χ1v) is 10.2. The first-order chi connectivity index (χ1) is 11.9. The third-order valence-electron chi connectivity index (χ3n) is 3.87. The second-order valence-electron chi connectivity index (χ2n) is 5.81. The zero-order chi connectivity index (χ0) is 17.9. The lowest BCUT2D eigenvalue weighted by Gasteiger charge is -2.31. The maximum Gasteiger partial charge on any atom is 0.316 e. The molecule has 6 nitrogen and oxygen atoms in total. The van der Waals surface area contributed by atoms with Gasteiger partial charge in [0, 0.05) is 18.9 Å². The van der Waals surface area contributed by atoms with Gasteiger partial charge in [0.1, 0.15) is 11.9 Å². The van der Waals surface area contributed by atoms with Gasteiger partial charge in [-0.25, -0.2) is 22.8 Å². The lowest BCUT2D eigenvalue weighted by atomic mass is 10.1. The summed E-state index contributed by atoms with van der Waals surface area (Å²) in [6.07, 6.45) is 4.30. The Bertz CT molecular complexity index is 816. The molecule has 1 aromatic carbocycles. The summed E-state index contributed by atoms with van der Waals surface area (Å²) in [4.78, 5) is 8.10. The molecule has 1 aliphatic heterocycles. The molecule has 1 fully saturated rings. The second-order valence-corrected chi connectivity index (χ2v) is 8.69. The molecule has 0 spiro atoms. The van der Waals surface area contributed by atoms with Crippen molar-refractivity contribution in [3.8, 4) is 6.01 Å². The topological polar surface area (TPSA) is 72.4 Å². The molecule has 0 amide bonds. The van der Waals surface area contributed by atoms with Crippen molar-refractivity contribution >= 4 is 26.0 Å². The number of aromatic nitrogens is 2. The molecule has 25 heavy (non-hydrogen) atoms. The van der Waals surface area contributed by atoms with Crippen LogP contribution >= 0.6 is 15.9 Å². The molecule has 0 saturated carbocycles. The Labute approximate surface area is 154 Å². The molecular weight excluding hydrogens is 413 g/mol. The third kappa shape index (κ3) is 4.96. The van der Waals surface area contributed by atoms with Crippen molar-refractivity contribution in [3.63, 3.8) is 0 Å². The van der Waals surface area contributed by atoms with Crippen molar-refractivity contribution < 1.29 is 17.5 Å². The van der Waals surface area contributed by atoms with Crippen molar-refractivity contribution in [2.24, 2.45) is 0 Å². The fraction of sp³-hybridized carbons (Fsp3) is 0.375. The first kappa shape index (κ1) is 18.2. The van der Waals surface area contributed by atoms with E-state index in [9.17, 15) is 12.8 Å². The number of benzene rings is 1. The molecule has 0 N–H and O–H groups in total. The number of rotatable bonds is 5.